The summed E-state index contributed by atoms with van der Waals surface area (Å²) in [5.74, 6) is 1.29. The zero-order chi connectivity index (χ0) is 16.9. The fraction of sp³-hybridized carbons (Fsp3) is 0.500. The second kappa shape index (κ2) is 7.76. The highest BCUT2D eigenvalue weighted by atomic mass is 32.2. The van der Waals surface area contributed by atoms with Crippen LogP contribution in [0.3, 0.4) is 0 Å². The summed E-state index contributed by atoms with van der Waals surface area (Å²) in [5, 5.41) is 12.7. The number of carbonyl (C=O) groups excluding carboxylic acids is 1. The summed E-state index contributed by atoms with van der Waals surface area (Å²) in [6.07, 6.45) is 0. The normalized spacial score (nSPS) is 15.3. The molecule has 0 atom stereocenters. The summed E-state index contributed by atoms with van der Waals surface area (Å²) in [6, 6.07) is 8.26. The molecular formula is C16H21N5O2S. The van der Waals surface area contributed by atoms with Crippen LogP contribution in [0.1, 0.15) is 25.3 Å². The van der Waals surface area contributed by atoms with Crippen molar-refractivity contribution in [1.82, 2.24) is 25.1 Å². The van der Waals surface area contributed by atoms with Crippen LogP contribution in [0.4, 0.5) is 0 Å². The summed E-state index contributed by atoms with van der Waals surface area (Å²) in [7, 11) is 0. The fourth-order valence-corrected chi connectivity index (χ4v) is 3.32. The third kappa shape index (κ3) is 3.93. The van der Waals surface area contributed by atoms with Gasteiger partial charge in [0.15, 0.2) is 0 Å². The molecule has 1 saturated heterocycles. The summed E-state index contributed by atoms with van der Waals surface area (Å²) in [6.45, 7) is 6.45. The average Bonchev–Trinajstić information content (AvgIpc) is 3.05. The predicted octanol–water partition coefficient (Wildman–Crippen LogP) is 1.74. The van der Waals surface area contributed by atoms with Crippen LogP contribution in [-0.4, -0.2) is 63.1 Å². The third-order valence-corrected chi connectivity index (χ3v) is 4.82. The van der Waals surface area contributed by atoms with Crippen molar-refractivity contribution in [1.29, 1.82) is 0 Å². The Morgan fingerprint density at radius 3 is 2.79 bits per heavy atom. The molecule has 1 aromatic carbocycles. The number of aromatic nitrogens is 4. The van der Waals surface area contributed by atoms with Gasteiger partial charge in [-0.1, -0.05) is 37.7 Å². The first-order chi connectivity index (χ1) is 11.6. The van der Waals surface area contributed by atoms with Gasteiger partial charge in [0.1, 0.15) is 6.61 Å². The first-order valence-corrected chi connectivity index (χ1v) is 9.01. The van der Waals surface area contributed by atoms with Crippen molar-refractivity contribution in [2.45, 2.75) is 24.9 Å². The predicted molar refractivity (Wildman–Crippen MR) is 91.4 cm³/mol. The molecular weight excluding hydrogens is 326 g/mol. The van der Waals surface area contributed by atoms with E-state index in [2.05, 4.69) is 41.5 Å². The zero-order valence-corrected chi connectivity index (χ0v) is 14.7. The van der Waals surface area contributed by atoms with E-state index in [9.17, 15) is 4.79 Å². The van der Waals surface area contributed by atoms with Gasteiger partial charge in [-0.15, -0.1) is 5.10 Å². The van der Waals surface area contributed by atoms with Gasteiger partial charge in [0.05, 0.1) is 12.3 Å². The molecule has 128 valence electrons. The minimum Gasteiger partial charge on any atom is -0.370 e. The van der Waals surface area contributed by atoms with Gasteiger partial charge in [0, 0.05) is 18.8 Å². The Balaban J connectivity index is 1.61. The Kier molecular flexibility index (Phi) is 5.47. The Labute approximate surface area is 145 Å². The van der Waals surface area contributed by atoms with E-state index in [1.165, 1.54) is 5.56 Å². The van der Waals surface area contributed by atoms with Crippen molar-refractivity contribution >= 4 is 17.7 Å². The van der Waals surface area contributed by atoms with Gasteiger partial charge in [-0.05, 0) is 34.0 Å². The van der Waals surface area contributed by atoms with Crippen LogP contribution in [0, 0.1) is 0 Å². The second-order valence-electron chi connectivity index (χ2n) is 5.90. The number of ether oxygens (including phenoxy) is 1. The number of morpholine rings is 1. The van der Waals surface area contributed by atoms with Crippen molar-refractivity contribution < 1.29 is 9.53 Å². The number of rotatable bonds is 6. The van der Waals surface area contributed by atoms with Gasteiger partial charge in [-0.25, -0.2) is 0 Å². The number of tetrazole rings is 1. The summed E-state index contributed by atoms with van der Waals surface area (Å²) in [4.78, 5) is 13.5. The van der Waals surface area contributed by atoms with Crippen molar-refractivity contribution in [2.24, 2.45) is 0 Å². The standard InChI is InChI=1S/C16H21N5O2S/c1-12(2)13-3-5-14(6-4-13)21-16(17-18-19-21)24-10-8-20-7-9-23-11-15(20)22/h3-6,12H,7-11H2,1-2H3. The molecule has 1 fully saturated rings. The third-order valence-electron chi connectivity index (χ3n) is 3.92. The molecule has 2 aromatic rings. The van der Waals surface area contributed by atoms with Gasteiger partial charge in [0.2, 0.25) is 11.1 Å². The van der Waals surface area contributed by atoms with Crippen LogP contribution >= 0.6 is 11.8 Å². The Hall–Kier alpha value is -1.93. The molecule has 1 amide bonds. The Morgan fingerprint density at radius 1 is 1.29 bits per heavy atom. The van der Waals surface area contributed by atoms with E-state index in [0.29, 0.717) is 25.6 Å². The summed E-state index contributed by atoms with van der Waals surface area (Å²) < 4.78 is 6.87. The highest BCUT2D eigenvalue weighted by Gasteiger charge is 2.18. The quantitative estimate of drug-likeness (QED) is 0.741. The van der Waals surface area contributed by atoms with E-state index >= 15 is 0 Å². The van der Waals surface area contributed by atoms with Gasteiger partial charge < -0.3 is 9.64 Å². The van der Waals surface area contributed by atoms with E-state index in [4.69, 9.17) is 4.74 Å². The average molecular weight is 347 g/mol. The van der Waals surface area contributed by atoms with Crippen LogP contribution in [0.25, 0.3) is 5.69 Å². The molecule has 0 N–H and O–H groups in total. The molecule has 0 spiro atoms. The SMILES string of the molecule is CC(C)c1ccc(-n2nnnc2SCCN2CCOCC2=O)cc1. The number of hydrogen-bond acceptors (Lipinski definition) is 6. The zero-order valence-electron chi connectivity index (χ0n) is 13.9. The maximum atomic E-state index is 11.7. The van der Waals surface area contributed by atoms with Crippen LogP contribution in [-0.2, 0) is 9.53 Å². The van der Waals surface area contributed by atoms with Crippen LogP contribution in [0.2, 0.25) is 0 Å². The maximum absolute atomic E-state index is 11.7. The molecule has 7 nitrogen and oxygen atoms in total. The molecule has 1 aliphatic rings. The second-order valence-corrected chi connectivity index (χ2v) is 6.96. The number of nitrogens with zero attached hydrogens (tertiary/aromatic N) is 5. The largest absolute Gasteiger partial charge is 0.370 e. The highest BCUT2D eigenvalue weighted by Crippen LogP contribution is 2.21. The molecule has 24 heavy (non-hydrogen) atoms. The number of benzene rings is 1. The molecule has 0 aliphatic carbocycles. The van der Waals surface area contributed by atoms with E-state index in [-0.39, 0.29) is 12.5 Å². The number of hydrogen-bond donors (Lipinski definition) is 0. The number of carbonyl (C=O) groups is 1. The summed E-state index contributed by atoms with van der Waals surface area (Å²) in [5.41, 5.74) is 2.22. The smallest absolute Gasteiger partial charge is 0.248 e. The van der Waals surface area contributed by atoms with Crippen LogP contribution < -0.4 is 0 Å². The highest BCUT2D eigenvalue weighted by molar-refractivity contribution is 7.99. The molecule has 0 radical (unpaired) electrons. The van der Waals surface area contributed by atoms with Crippen molar-refractivity contribution in [3.63, 3.8) is 0 Å². The van der Waals surface area contributed by atoms with Gasteiger partial charge in [-0.3, -0.25) is 4.79 Å². The van der Waals surface area contributed by atoms with Gasteiger partial charge in [0.25, 0.3) is 0 Å². The number of amides is 1. The first-order valence-electron chi connectivity index (χ1n) is 8.02. The van der Waals surface area contributed by atoms with Crippen molar-refractivity contribution in [2.75, 3.05) is 32.1 Å². The molecule has 2 heterocycles. The lowest BCUT2D eigenvalue weighted by atomic mass is 10.0. The van der Waals surface area contributed by atoms with Crippen LogP contribution in [0.5, 0.6) is 0 Å². The molecule has 1 aliphatic heterocycles. The molecule has 0 bridgehead atoms. The van der Waals surface area contributed by atoms with Gasteiger partial charge >= 0.3 is 0 Å². The molecule has 0 saturated carbocycles. The van der Waals surface area contributed by atoms with E-state index < -0.39 is 0 Å². The van der Waals surface area contributed by atoms with Crippen LogP contribution in [0.15, 0.2) is 29.4 Å². The van der Waals surface area contributed by atoms with E-state index in [0.717, 1.165) is 16.6 Å². The van der Waals surface area contributed by atoms with E-state index in [1.54, 1.807) is 16.4 Å². The first kappa shape index (κ1) is 16.9. The maximum Gasteiger partial charge on any atom is 0.248 e. The molecule has 8 heteroatoms. The molecule has 3 rings (SSSR count). The van der Waals surface area contributed by atoms with Crippen molar-refractivity contribution in [3.8, 4) is 5.69 Å². The fourth-order valence-electron chi connectivity index (χ4n) is 2.47. The molecule has 0 unspecified atom stereocenters. The number of thioether (sulfide) groups is 1. The van der Waals surface area contributed by atoms with Crippen molar-refractivity contribution in [3.05, 3.63) is 29.8 Å². The monoisotopic (exact) mass is 347 g/mol. The Bertz CT molecular complexity index is 686. The summed E-state index contributed by atoms with van der Waals surface area (Å²) >= 11 is 1.55. The van der Waals surface area contributed by atoms with E-state index in [1.807, 2.05) is 17.0 Å². The minimum absolute atomic E-state index is 0.0470. The van der Waals surface area contributed by atoms with Gasteiger partial charge in [-0.2, -0.15) is 4.68 Å². The molecule has 1 aromatic heterocycles. The lowest BCUT2D eigenvalue weighted by Crippen LogP contribution is -2.42. The lowest BCUT2D eigenvalue weighted by Gasteiger charge is -2.26. The minimum atomic E-state index is 0.0470. The lowest BCUT2D eigenvalue weighted by molar-refractivity contribution is -0.142. The topological polar surface area (TPSA) is 73.1 Å². The Morgan fingerprint density at radius 2 is 2.08 bits per heavy atom.